The molecule has 36 atom stereocenters. The first kappa shape index (κ1) is 79.4. The summed E-state index contributed by atoms with van der Waals surface area (Å²) in [6, 6.07) is -1.22. The number of aliphatic hydroxyl groups excluding tert-OH is 6. The largest absolute Gasteiger partial charge is 0.459 e. The van der Waals surface area contributed by atoms with Gasteiger partial charge in [0.05, 0.1) is 104 Å². The van der Waals surface area contributed by atoms with Gasteiger partial charge in [0.25, 0.3) is 0 Å². The normalized spacial score (nSPS) is 51.1. The molecule has 6 heterocycles. The van der Waals surface area contributed by atoms with Gasteiger partial charge in [0.2, 0.25) is 0 Å². The predicted molar refractivity (Wildman–Crippen MR) is 368 cm³/mol. The minimum absolute atomic E-state index is 0.0211. The zero-order valence-electron chi connectivity index (χ0n) is 70.0. The highest BCUT2D eigenvalue weighted by Crippen LogP contribution is 2.45. The van der Waals surface area contributed by atoms with Crippen LogP contribution < -0.4 is 11.1 Å². The highest BCUT2D eigenvalue weighted by molar-refractivity contribution is 5.84. The van der Waals surface area contributed by atoms with Gasteiger partial charge in [-0.25, -0.2) is 0 Å². The molecule has 0 aromatic heterocycles. The molecular weight excluding hydrogens is 1320 g/mol. The van der Waals surface area contributed by atoms with Gasteiger partial charge in [0, 0.05) is 88.7 Å². The van der Waals surface area contributed by atoms with Gasteiger partial charge in [-0.3, -0.25) is 19.2 Å². The first-order valence-electron chi connectivity index (χ1n) is 39.2. The highest BCUT2D eigenvalue weighted by atomic mass is 16.7. The van der Waals surface area contributed by atoms with Crippen LogP contribution in [0.4, 0.5) is 0 Å². The first-order chi connectivity index (χ1) is 49.0. The lowest BCUT2D eigenvalue weighted by Crippen LogP contribution is -2.61. The Kier molecular flexibility index (Phi) is 28.4. The molecule has 0 saturated carbocycles. The van der Waals surface area contributed by atoms with E-state index in [4.69, 9.17) is 80.3 Å². The Balaban J connectivity index is 0.000000384. The van der Waals surface area contributed by atoms with Crippen molar-refractivity contribution in [3.05, 3.63) is 0 Å². The van der Waals surface area contributed by atoms with Crippen LogP contribution >= 0.6 is 0 Å². The Labute approximate surface area is 608 Å². The summed E-state index contributed by atoms with van der Waals surface area (Å²) in [5.41, 5.74) is -3.87. The summed E-state index contributed by atoms with van der Waals surface area (Å²) in [4.78, 5) is 56.4. The van der Waals surface area contributed by atoms with Crippen LogP contribution in [0.25, 0.3) is 0 Å². The summed E-state index contributed by atoms with van der Waals surface area (Å²) < 4.78 is 135. The number of ketones is 2. The summed E-state index contributed by atoms with van der Waals surface area (Å²) in [5.74, 6) is -11.3. The number of ether oxygens (including phenoxy) is 14. The maximum absolute atomic E-state index is 14.2. The number of esters is 2. The quantitative estimate of drug-likeness (QED) is 0.104. The minimum Gasteiger partial charge on any atom is -0.459 e. The monoisotopic (exact) mass is 1460 g/mol. The smallest absolute Gasteiger partial charge is 0.311 e. The summed E-state index contributed by atoms with van der Waals surface area (Å²) >= 11 is 0. The zero-order valence-corrected chi connectivity index (χ0v) is 64.0. The lowest BCUT2D eigenvalue weighted by molar-refractivity contribution is -0.317. The molecule has 11 N–H and O–H groups in total. The molecule has 0 aliphatic carbocycles. The maximum atomic E-state index is 14.2. The van der Waals surface area contributed by atoms with E-state index in [0.29, 0.717) is 12.8 Å². The SMILES string of the molecule is [2H]C([2H])([2H])O[C@]1(C)C[C@@H](C)C(=O)[C@H](C)[C@@H](O)[C@](C)(O)[C@@H](CC)OC(=O)[C@H](C)[C@@H](O[C@H]2C[C@@](C)(OC)[C@@H](O)[C@H](C)O2)[C@H](C)[C@H]1O[C@@H]1O[C@H](C)C[C@H](N)[C@H]1O.[2H]C([2H])([2H])O[C@]1(C)C[C@@H](C)C(=O)[C@H](C)[C@@H](O)[C@](C)(O)[C@@H](CC)OC(=O)[C@H](C)[C@@H](O[C@H]2C[C@@](C)(OC)[C@@H](O)[C@H](C)O2)[C@H](C)[C@H]1O[C@@H]1O[C@H](C)C[C@H](NC)[C@H]1O. The summed E-state index contributed by atoms with van der Waals surface area (Å²) in [6.07, 6.45) is -22.5. The molecule has 28 nitrogen and oxygen atoms in total. The first-order valence-corrected chi connectivity index (χ1v) is 36.2. The average Bonchev–Trinajstić information content (AvgIpc) is 0.764. The topological polar surface area (TPSA) is 397 Å². The van der Waals surface area contributed by atoms with Crippen molar-refractivity contribution in [3.8, 4) is 0 Å². The van der Waals surface area contributed by atoms with Crippen molar-refractivity contribution in [1.29, 1.82) is 0 Å². The van der Waals surface area contributed by atoms with E-state index < -0.39 is 253 Å². The van der Waals surface area contributed by atoms with Crippen LogP contribution in [-0.2, 0) is 85.5 Å². The standard InChI is InChI=1S/C37H67NO13.C36H65NO13/c1-14-25-37(10,44)30(41)20(4)27(39)18(2)16-36(9,46-13)32(51-34-28(40)24(38-11)15-19(3)47-34)21(5)29(22(6)33(43)49-25)50-26-17-35(8,45-12)31(42)23(7)48-26;1-13-24-36(10,43)29(40)19(4)26(38)17(2)15-35(9,45-12)31(50-33-27(39)23(37)14-18(3)46-33)20(5)28(21(6)32(42)48-24)49-25-16-34(8,44-11)30(41)22(7)47-25/h18-26,28-32,34,38,40-42,44H,14-17H2,1-13H3;17-25,27-31,33,39-41,43H,13-16,37H2,1-12H3/t18-,19-,20+,21+,22-,23+,24+,25-,26+,28-,29+,30-,31+,32-,34+,35-,36-,37-;17-,18-,19+,20+,21-,22+,23+,24-,25+,27-,28+,29-,30+,31-,33+,34-,35-,36-/m11/s1/i13D3;12D3. The molecule has 6 aliphatic rings. The van der Waals surface area contributed by atoms with Crippen molar-refractivity contribution >= 4 is 23.5 Å². The highest BCUT2D eigenvalue weighted by Gasteiger charge is 2.57. The van der Waals surface area contributed by atoms with E-state index in [1.807, 2.05) is 0 Å². The van der Waals surface area contributed by atoms with Gasteiger partial charge in [-0.2, -0.15) is 0 Å². The number of methoxy groups -OCH3 is 4. The molecule has 0 bridgehead atoms. The van der Waals surface area contributed by atoms with Gasteiger partial charge in [-0.05, 0) is 129 Å². The third-order valence-corrected chi connectivity index (χ3v) is 23.2. The number of hydrogen-bond donors (Lipinski definition) is 10. The Morgan fingerprint density at radius 2 is 0.851 bits per heavy atom. The average molecular weight is 1460 g/mol. The van der Waals surface area contributed by atoms with Gasteiger partial charge in [-0.1, -0.05) is 55.4 Å². The van der Waals surface area contributed by atoms with Gasteiger partial charge in [0.15, 0.2) is 25.2 Å². The van der Waals surface area contributed by atoms with Crippen molar-refractivity contribution in [2.75, 3.05) is 35.3 Å². The van der Waals surface area contributed by atoms with Crippen LogP contribution in [0.15, 0.2) is 0 Å². The number of hydrogen-bond acceptors (Lipinski definition) is 28. The van der Waals surface area contributed by atoms with Crippen molar-refractivity contribution in [2.24, 2.45) is 53.1 Å². The lowest BCUT2D eigenvalue weighted by Gasteiger charge is -2.49. The van der Waals surface area contributed by atoms with Crippen LogP contribution in [0.1, 0.15) is 198 Å². The molecule has 6 rings (SSSR count). The van der Waals surface area contributed by atoms with Crippen LogP contribution in [0.5, 0.6) is 0 Å². The Hall–Kier alpha value is -2.60. The van der Waals surface area contributed by atoms with Crippen LogP contribution in [0.3, 0.4) is 0 Å². The van der Waals surface area contributed by atoms with E-state index in [1.165, 1.54) is 62.7 Å². The second kappa shape index (κ2) is 36.1. The molecule has 0 spiro atoms. The lowest BCUT2D eigenvalue weighted by atomic mass is 9.73. The molecule has 590 valence electrons. The summed E-state index contributed by atoms with van der Waals surface area (Å²) in [5, 5.41) is 93.6. The number of Topliss-reactive ketones (excluding diaryl/α,β-unsaturated/α-hetero) is 2. The Bertz CT molecular complexity index is 2870. The zero-order chi connectivity index (χ0) is 81.9. The number of nitrogens with two attached hydrogens (primary N) is 1. The molecule has 6 saturated heterocycles. The van der Waals surface area contributed by atoms with E-state index in [0.717, 1.165) is 0 Å². The predicted octanol–water partition coefficient (Wildman–Crippen LogP) is 3.93. The molecule has 6 fully saturated rings. The van der Waals surface area contributed by atoms with Gasteiger partial charge in [-0.15, -0.1) is 0 Å². The van der Waals surface area contributed by atoms with Crippen molar-refractivity contribution in [3.63, 3.8) is 0 Å². The molecule has 0 aromatic rings. The fourth-order valence-corrected chi connectivity index (χ4v) is 16.3. The third-order valence-electron chi connectivity index (χ3n) is 23.2. The summed E-state index contributed by atoms with van der Waals surface area (Å²) in [6.45, 7) is 31.5. The van der Waals surface area contributed by atoms with E-state index in [1.54, 1.807) is 97.1 Å². The number of likely N-dealkylation sites (N-methyl/N-ethyl adjacent to an activating group) is 1. The van der Waals surface area contributed by atoms with E-state index >= 15 is 0 Å². The van der Waals surface area contributed by atoms with E-state index in [-0.39, 0.29) is 38.5 Å². The van der Waals surface area contributed by atoms with Gasteiger partial charge >= 0.3 is 11.9 Å². The van der Waals surface area contributed by atoms with Crippen molar-refractivity contribution < 1.29 is 135 Å². The van der Waals surface area contributed by atoms with Crippen molar-refractivity contribution in [2.45, 2.75) is 358 Å². The number of carbonyl (C=O) groups is 4. The maximum Gasteiger partial charge on any atom is 0.311 e. The molecule has 0 radical (unpaired) electrons. The molecular formula is C73H132N2O26. The molecule has 0 amide bonds. The van der Waals surface area contributed by atoms with Crippen LogP contribution in [0, 0.1) is 47.3 Å². The molecule has 0 aromatic carbocycles. The molecule has 6 aliphatic heterocycles. The third kappa shape index (κ3) is 19.8. The number of rotatable bonds is 15. The minimum atomic E-state index is -3.04. The van der Waals surface area contributed by atoms with Crippen molar-refractivity contribution in [1.82, 2.24) is 5.32 Å². The second-order valence-electron chi connectivity index (χ2n) is 31.6. The number of aliphatic hydroxyl groups is 8. The molecule has 0 unspecified atom stereocenters. The second-order valence-corrected chi connectivity index (χ2v) is 31.6. The number of carbonyl (C=O) groups excluding carboxylic acids is 4. The van der Waals surface area contributed by atoms with Crippen LogP contribution in [-0.4, -0.2) is 268 Å². The fourth-order valence-electron chi connectivity index (χ4n) is 16.3. The number of cyclic esters (lactones) is 2. The van der Waals surface area contributed by atoms with Crippen LogP contribution in [0.2, 0.25) is 0 Å². The Morgan fingerprint density at radius 3 is 1.19 bits per heavy atom. The molecule has 101 heavy (non-hydrogen) atoms. The Morgan fingerprint density at radius 1 is 0.495 bits per heavy atom. The summed E-state index contributed by atoms with van der Waals surface area (Å²) in [7, 11) is -1.49. The molecule has 28 heteroatoms. The van der Waals surface area contributed by atoms with Gasteiger partial charge < -0.3 is 118 Å². The fraction of sp³-hybridized carbons (Fsp3) is 0.945. The van der Waals surface area contributed by atoms with E-state index in [9.17, 15) is 60.0 Å². The van der Waals surface area contributed by atoms with E-state index in [2.05, 4.69) is 5.32 Å². The van der Waals surface area contributed by atoms with Gasteiger partial charge in [0.1, 0.15) is 59.4 Å². The number of nitrogens with one attached hydrogen (secondary N) is 1.